The van der Waals surface area contributed by atoms with Crippen molar-refractivity contribution in [3.8, 4) is 0 Å². The molecule has 2 heterocycles. The zero-order valence-electron chi connectivity index (χ0n) is 12.1. The first kappa shape index (κ1) is 16.1. The van der Waals surface area contributed by atoms with E-state index in [1.54, 1.807) is 41.4 Å². The lowest BCUT2D eigenvalue weighted by Crippen LogP contribution is -2.08. The molecule has 8 heteroatoms. The van der Waals surface area contributed by atoms with Crippen molar-refractivity contribution in [2.24, 2.45) is 0 Å². The molecule has 0 aliphatic heterocycles. The van der Waals surface area contributed by atoms with Gasteiger partial charge in [0.25, 0.3) is 6.43 Å². The average molecular weight is 352 g/mol. The molecule has 4 nitrogen and oxygen atoms in total. The number of aromatic nitrogens is 3. The Labute approximate surface area is 140 Å². The summed E-state index contributed by atoms with van der Waals surface area (Å²) in [6.45, 7) is 0.655. The smallest absolute Gasteiger partial charge is 0.297 e. The third kappa shape index (κ3) is 4.14. The maximum Gasteiger partial charge on any atom is 0.297 e. The fourth-order valence-electron chi connectivity index (χ4n) is 2.05. The van der Waals surface area contributed by atoms with Crippen LogP contribution in [0.5, 0.6) is 0 Å². The van der Waals surface area contributed by atoms with Crippen molar-refractivity contribution >= 4 is 39.8 Å². The fraction of sp³-hybridized carbons (Fsp3) is 0.267. The maximum absolute atomic E-state index is 12.9. The number of para-hydroxylation sites is 1. The van der Waals surface area contributed by atoms with Gasteiger partial charge in [-0.1, -0.05) is 23.9 Å². The van der Waals surface area contributed by atoms with Crippen molar-refractivity contribution in [3.05, 3.63) is 41.7 Å². The van der Waals surface area contributed by atoms with E-state index in [-0.39, 0.29) is 0 Å². The molecule has 120 valence electrons. The van der Waals surface area contributed by atoms with E-state index in [1.165, 1.54) is 0 Å². The Hall–Kier alpha value is -1.80. The number of nitrogens with one attached hydrogen (secondary N) is 1. The van der Waals surface area contributed by atoms with E-state index in [1.807, 2.05) is 17.5 Å². The van der Waals surface area contributed by atoms with Crippen molar-refractivity contribution in [2.75, 3.05) is 17.6 Å². The summed E-state index contributed by atoms with van der Waals surface area (Å²) in [6, 6.07) is 7.17. The molecule has 0 saturated carbocycles. The molecule has 0 aliphatic carbocycles. The van der Waals surface area contributed by atoms with Crippen LogP contribution in [0.3, 0.4) is 0 Å². The van der Waals surface area contributed by atoms with Crippen LogP contribution in [0.4, 0.5) is 14.6 Å². The minimum absolute atomic E-state index is 0.441. The van der Waals surface area contributed by atoms with Gasteiger partial charge in [-0.3, -0.25) is 0 Å². The molecule has 0 fully saturated rings. The van der Waals surface area contributed by atoms with E-state index in [0.717, 1.165) is 21.9 Å². The lowest BCUT2D eigenvalue weighted by Gasteiger charge is -2.10. The van der Waals surface area contributed by atoms with Crippen molar-refractivity contribution in [2.45, 2.75) is 17.2 Å². The molecule has 1 aromatic carbocycles. The summed E-state index contributed by atoms with van der Waals surface area (Å²) >= 11 is 3.30. The number of nitrogens with zero attached hydrogens (tertiary/aromatic N) is 3. The van der Waals surface area contributed by atoms with Crippen LogP contribution in [0.15, 0.2) is 40.2 Å². The quantitative estimate of drug-likeness (QED) is 0.497. The van der Waals surface area contributed by atoms with E-state index in [4.69, 9.17) is 0 Å². The van der Waals surface area contributed by atoms with Crippen molar-refractivity contribution < 1.29 is 8.78 Å². The molecule has 0 bridgehead atoms. The van der Waals surface area contributed by atoms with Crippen molar-refractivity contribution in [1.82, 2.24) is 15.0 Å². The summed E-state index contributed by atoms with van der Waals surface area (Å²) in [4.78, 5) is 12.1. The summed E-state index contributed by atoms with van der Waals surface area (Å²) in [6.07, 6.45) is -0.0166. The van der Waals surface area contributed by atoms with Crippen molar-refractivity contribution in [1.29, 1.82) is 0 Å². The third-order valence-corrected chi connectivity index (χ3v) is 5.12. The first-order valence-corrected chi connectivity index (χ1v) is 8.91. The van der Waals surface area contributed by atoms with Gasteiger partial charge in [-0.2, -0.15) is 0 Å². The van der Waals surface area contributed by atoms with Gasteiger partial charge >= 0.3 is 0 Å². The standard InChI is InChI=1S/C15H14F2N4S2/c16-12(17)14-20-11-5-2-1-4-10(11)13(21-14)18-6-3-8-22-15-19-7-9-23-15/h1-2,4-5,7,9,12H,3,6,8H2,(H,18,20,21). The van der Waals surface area contributed by atoms with Gasteiger partial charge in [0.2, 0.25) is 0 Å². The van der Waals surface area contributed by atoms with E-state index in [2.05, 4.69) is 20.3 Å². The first-order valence-electron chi connectivity index (χ1n) is 7.05. The van der Waals surface area contributed by atoms with Crippen LogP contribution in [0, 0.1) is 0 Å². The molecule has 0 amide bonds. The van der Waals surface area contributed by atoms with Crippen LogP contribution in [0.2, 0.25) is 0 Å². The van der Waals surface area contributed by atoms with Crippen LogP contribution >= 0.6 is 23.1 Å². The van der Waals surface area contributed by atoms with Crippen molar-refractivity contribution in [3.63, 3.8) is 0 Å². The van der Waals surface area contributed by atoms with Gasteiger partial charge in [-0.15, -0.1) is 11.3 Å². The zero-order valence-corrected chi connectivity index (χ0v) is 13.7. The predicted molar refractivity (Wildman–Crippen MR) is 90.4 cm³/mol. The fourth-order valence-corrected chi connectivity index (χ4v) is 3.69. The lowest BCUT2D eigenvalue weighted by atomic mass is 10.2. The summed E-state index contributed by atoms with van der Waals surface area (Å²) in [5.41, 5.74) is 0.525. The molecule has 0 aliphatic rings. The van der Waals surface area contributed by atoms with Crippen LogP contribution in [0.25, 0.3) is 10.9 Å². The molecule has 0 unspecified atom stereocenters. The topological polar surface area (TPSA) is 50.7 Å². The number of benzene rings is 1. The minimum Gasteiger partial charge on any atom is -0.369 e. The highest BCUT2D eigenvalue weighted by Gasteiger charge is 2.14. The van der Waals surface area contributed by atoms with E-state index >= 15 is 0 Å². The highest BCUT2D eigenvalue weighted by atomic mass is 32.2. The van der Waals surface area contributed by atoms with Gasteiger partial charge in [0.1, 0.15) is 10.2 Å². The van der Waals surface area contributed by atoms with E-state index in [9.17, 15) is 8.78 Å². The molecule has 0 saturated heterocycles. The summed E-state index contributed by atoms with van der Waals surface area (Å²) < 4.78 is 26.9. The number of thioether (sulfide) groups is 1. The third-order valence-electron chi connectivity index (χ3n) is 3.06. The highest BCUT2D eigenvalue weighted by Crippen LogP contribution is 2.25. The predicted octanol–water partition coefficient (Wildman–Crippen LogP) is 4.62. The number of rotatable bonds is 7. The molecule has 2 aromatic heterocycles. The Morgan fingerprint density at radius 3 is 2.87 bits per heavy atom. The molecular formula is C15H14F2N4S2. The Morgan fingerprint density at radius 2 is 2.09 bits per heavy atom. The molecular weight excluding hydrogens is 338 g/mol. The second-order valence-electron chi connectivity index (χ2n) is 4.68. The zero-order chi connectivity index (χ0) is 16.1. The van der Waals surface area contributed by atoms with Gasteiger partial charge in [0, 0.05) is 29.3 Å². The molecule has 0 atom stereocenters. The number of halogens is 2. The number of hydrogen-bond donors (Lipinski definition) is 1. The van der Waals surface area contributed by atoms with Gasteiger partial charge < -0.3 is 5.32 Å². The Morgan fingerprint density at radius 1 is 1.22 bits per heavy atom. The number of thiazole rings is 1. The van der Waals surface area contributed by atoms with Gasteiger partial charge in [-0.05, 0) is 18.6 Å². The maximum atomic E-state index is 12.9. The monoisotopic (exact) mass is 352 g/mol. The van der Waals surface area contributed by atoms with Crippen LogP contribution in [-0.4, -0.2) is 27.2 Å². The number of fused-ring (bicyclic) bond motifs is 1. The molecule has 1 N–H and O–H groups in total. The molecule has 0 spiro atoms. The normalized spacial score (nSPS) is 11.3. The van der Waals surface area contributed by atoms with Crippen LogP contribution < -0.4 is 5.32 Å². The molecule has 3 aromatic rings. The second-order valence-corrected chi connectivity index (χ2v) is 6.91. The summed E-state index contributed by atoms with van der Waals surface area (Å²) in [5, 5.41) is 5.85. The van der Waals surface area contributed by atoms with Gasteiger partial charge in [0.05, 0.1) is 5.52 Å². The highest BCUT2D eigenvalue weighted by molar-refractivity contribution is 8.00. The lowest BCUT2D eigenvalue weighted by molar-refractivity contribution is 0.141. The van der Waals surface area contributed by atoms with Gasteiger partial charge in [0.15, 0.2) is 5.82 Å². The number of anilines is 1. The van der Waals surface area contributed by atoms with Crippen LogP contribution in [-0.2, 0) is 0 Å². The summed E-state index contributed by atoms with van der Waals surface area (Å²) in [5.74, 6) is 0.930. The SMILES string of the molecule is FC(F)c1nc(NCCCSc2nccs2)c2ccccc2n1. The van der Waals surface area contributed by atoms with Gasteiger partial charge in [-0.25, -0.2) is 23.7 Å². The molecule has 0 radical (unpaired) electrons. The van der Waals surface area contributed by atoms with E-state index < -0.39 is 12.2 Å². The summed E-state index contributed by atoms with van der Waals surface area (Å²) in [7, 11) is 0. The Bertz CT molecular complexity index is 765. The Kier molecular flexibility index (Phi) is 5.35. The van der Waals surface area contributed by atoms with Crippen LogP contribution in [0.1, 0.15) is 18.7 Å². The first-order chi connectivity index (χ1) is 11.2. The Balaban J connectivity index is 1.64. The number of alkyl halides is 2. The second kappa shape index (κ2) is 7.65. The molecule has 3 rings (SSSR count). The molecule has 23 heavy (non-hydrogen) atoms. The number of hydrogen-bond acceptors (Lipinski definition) is 6. The minimum atomic E-state index is -2.68. The average Bonchev–Trinajstić information content (AvgIpc) is 3.07. The largest absolute Gasteiger partial charge is 0.369 e. The van der Waals surface area contributed by atoms with E-state index in [0.29, 0.717) is 17.9 Å².